The first-order valence-corrected chi connectivity index (χ1v) is 6.70. The molecule has 0 aliphatic rings. The van der Waals surface area contributed by atoms with Crippen LogP contribution >= 0.6 is 11.6 Å². The van der Waals surface area contributed by atoms with Crippen LogP contribution in [-0.2, 0) is 11.3 Å². The third-order valence-corrected chi connectivity index (χ3v) is 3.25. The molecule has 0 aliphatic heterocycles. The monoisotopic (exact) mass is 300 g/mol. The number of rotatable bonds is 6. The molecule has 20 heavy (non-hydrogen) atoms. The first-order chi connectivity index (χ1) is 9.49. The Labute approximate surface area is 122 Å². The number of nitrogen functional groups attached to an aromatic ring is 1. The van der Waals surface area contributed by atoms with Gasteiger partial charge in [-0.05, 0) is 20.2 Å². The molecule has 0 saturated heterocycles. The van der Waals surface area contributed by atoms with Crippen LogP contribution in [0.3, 0.4) is 0 Å². The summed E-state index contributed by atoms with van der Waals surface area (Å²) in [6.45, 7) is 2.57. The predicted molar refractivity (Wildman–Crippen MR) is 78.5 cm³/mol. The number of anilines is 1. The Bertz CT molecular complexity index is 600. The summed E-state index contributed by atoms with van der Waals surface area (Å²) in [6.07, 6.45) is 0. The summed E-state index contributed by atoms with van der Waals surface area (Å²) in [5.74, 6) is -0.163. The lowest BCUT2D eigenvalue weighted by Gasteiger charge is -2.11. The van der Waals surface area contributed by atoms with E-state index in [0.29, 0.717) is 36.7 Å². The number of fused-ring (bicyclic) bond motifs is 1. The van der Waals surface area contributed by atoms with Crippen LogP contribution in [0, 0.1) is 5.82 Å². The molecule has 0 spiro atoms. The van der Waals surface area contributed by atoms with Gasteiger partial charge in [-0.3, -0.25) is 0 Å². The third-order valence-electron chi connectivity index (χ3n) is 2.96. The van der Waals surface area contributed by atoms with E-state index in [2.05, 4.69) is 4.98 Å². The highest BCUT2D eigenvalue weighted by molar-refractivity contribution is 6.31. The Hall–Kier alpha value is -1.37. The van der Waals surface area contributed by atoms with Crippen LogP contribution in [0.1, 0.15) is 0 Å². The summed E-state index contributed by atoms with van der Waals surface area (Å²) in [6, 6.07) is 2.83. The molecule has 1 aromatic carbocycles. The standard InChI is InChI=1S/C13H18ClFN4O/c1-18(2)3-5-20-6-4-19-12-7-9(14)10(15)8-11(12)17-13(19)16/h7-8H,3-6H2,1-2H3,(H2,16,17). The molecule has 2 rings (SSSR count). The minimum Gasteiger partial charge on any atom is -0.378 e. The van der Waals surface area contributed by atoms with Gasteiger partial charge in [-0.15, -0.1) is 0 Å². The Balaban J connectivity index is 2.06. The molecule has 0 amide bonds. The van der Waals surface area contributed by atoms with Gasteiger partial charge in [0.05, 0.1) is 29.3 Å². The van der Waals surface area contributed by atoms with E-state index in [0.717, 1.165) is 6.54 Å². The van der Waals surface area contributed by atoms with Crippen LogP contribution in [0.2, 0.25) is 5.02 Å². The van der Waals surface area contributed by atoms with Gasteiger partial charge in [0.1, 0.15) is 5.82 Å². The highest BCUT2D eigenvalue weighted by Crippen LogP contribution is 2.24. The zero-order chi connectivity index (χ0) is 14.7. The van der Waals surface area contributed by atoms with Crippen molar-refractivity contribution in [2.24, 2.45) is 0 Å². The Morgan fingerprint density at radius 2 is 2.15 bits per heavy atom. The summed E-state index contributed by atoms with van der Waals surface area (Å²) < 4.78 is 20.7. The minimum atomic E-state index is -0.494. The number of nitrogens with zero attached hydrogens (tertiary/aromatic N) is 3. The molecule has 0 bridgehead atoms. The maximum atomic E-state index is 13.4. The van der Waals surface area contributed by atoms with Gasteiger partial charge in [0.2, 0.25) is 5.95 Å². The van der Waals surface area contributed by atoms with E-state index >= 15 is 0 Å². The van der Waals surface area contributed by atoms with E-state index in [1.807, 2.05) is 19.0 Å². The molecule has 0 radical (unpaired) electrons. The van der Waals surface area contributed by atoms with Crippen molar-refractivity contribution in [1.82, 2.24) is 14.5 Å². The lowest BCUT2D eigenvalue weighted by Crippen LogP contribution is -2.19. The van der Waals surface area contributed by atoms with Crippen molar-refractivity contribution >= 4 is 28.6 Å². The van der Waals surface area contributed by atoms with Crippen molar-refractivity contribution in [2.45, 2.75) is 6.54 Å². The van der Waals surface area contributed by atoms with Crippen molar-refractivity contribution < 1.29 is 9.13 Å². The largest absolute Gasteiger partial charge is 0.378 e. The maximum absolute atomic E-state index is 13.4. The highest BCUT2D eigenvalue weighted by atomic mass is 35.5. The van der Waals surface area contributed by atoms with Gasteiger partial charge in [0, 0.05) is 19.2 Å². The van der Waals surface area contributed by atoms with E-state index in [9.17, 15) is 4.39 Å². The predicted octanol–water partition coefficient (Wildman–Crippen LogP) is 1.99. The zero-order valence-electron chi connectivity index (χ0n) is 11.6. The van der Waals surface area contributed by atoms with Gasteiger partial charge in [-0.25, -0.2) is 9.37 Å². The molecule has 5 nitrogen and oxygen atoms in total. The normalized spacial score (nSPS) is 11.7. The minimum absolute atomic E-state index is 0.0622. The van der Waals surface area contributed by atoms with Gasteiger partial charge in [-0.2, -0.15) is 0 Å². The molecule has 0 fully saturated rings. The number of nitrogens with two attached hydrogens (primary N) is 1. The molecule has 1 aromatic heterocycles. The van der Waals surface area contributed by atoms with Crippen LogP contribution in [0.4, 0.5) is 10.3 Å². The SMILES string of the molecule is CN(C)CCOCCn1c(N)nc2cc(F)c(Cl)cc21. The summed E-state index contributed by atoms with van der Waals surface area (Å²) in [7, 11) is 3.97. The van der Waals surface area contributed by atoms with Crippen LogP contribution in [0.15, 0.2) is 12.1 Å². The second-order valence-corrected chi connectivity index (χ2v) is 5.20. The molecule has 2 aromatic rings. The van der Waals surface area contributed by atoms with E-state index in [-0.39, 0.29) is 5.02 Å². The highest BCUT2D eigenvalue weighted by Gasteiger charge is 2.11. The van der Waals surface area contributed by atoms with Crippen molar-refractivity contribution in [1.29, 1.82) is 0 Å². The zero-order valence-corrected chi connectivity index (χ0v) is 12.3. The number of likely N-dealkylation sites (N-methyl/N-ethyl adjacent to an activating group) is 1. The maximum Gasteiger partial charge on any atom is 0.201 e. The first kappa shape index (κ1) is 15.0. The molecule has 0 aliphatic carbocycles. The van der Waals surface area contributed by atoms with Crippen LogP contribution < -0.4 is 5.73 Å². The number of benzene rings is 1. The van der Waals surface area contributed by atoms with Crippen molar-refractivity contribution in [3.05, 3.63) is 23.0 Å². The summed E-state index contributed by atoms with van der Waals surface area (Å²) in [5.41, 5.74) is 7.05. The lowest BCUT2D eigenvalue weighted by molar-refractivity contribution is 0.112. The molecular formula is C13H18ClFN4O. The summed E-state index contributed by atoms with van der Waals surface area (Å²) >= 11 is 5.79. The molecule has 7 heteroatoms. The molecule has 1 heterocycles. The number of hydrogen-bond donors (Lipinski definition) is 1. The van der Waals surface area contributed by atoms with Gasteiger partial charge >= 0.3 is 0 Å². The number of aromatic nitrogens is 2. The average Bonchev–Trinajstić information content (AvgIpc) is 2.65. The van der Waals surface area contributed by atoms with Gasteiger partial charge < -0.3 is 19.9 Å². The second kappa shape index (κ2) is 6.39. The summed E-state index contributed by atoms with van der Waals surface area (Å²) in [5, 5.41) is 0.0622. The van der Waals surface area contributed by atoms with Crippen LogP contribution in [0.5, 0.6) is 0 Å². The van der Waals surface area contributed by atoms with Gasteiger partial charge in [0.15, 0.2) is 0 Å². The molecule has 110 valence electrons. The van der Waals surface area contributed by atoms with Crippen LogP contribution in [0.25, 0.3) is 11.0 Å². The number of imidazole rings is 1. The quantitative estimate of drug-likeness (QED) is 0.829. The van der Waals surface area contributed by atoms with Gasteiger partial charge in [0.25, 0.3) is 0 Å². The van der Waals surface area contributed by atoms with E-state index < -0.39 is 5.82 Å². The molecular weight excluding hydrogens is 283 g/mol. The smallest absolute Gasteiger partial charge is 0.201 e. The topological polar surface area (TPSA) is 56.3 Å². The summed E-state index contributed by atoms with van der Waals surface area (Å²) in [4.78, 5) is 6.17. The fourth-order valence-electron chi connectivity index (χ4n) is 1.88. The second-order valence-electron chi connectivity index (χ2n) is 4.79. The molecule has 2 N–H and O–H groups in total. The van der Waals surface area contributed by atoms with Crippen molar-refractivity contribution in [3.63, 3.8) is 0 Å². The number of hydrogen-bond acceptors (Lipinski definition) is 4. The van der Waals surface area contributed by atoms with Crippen molar-refractivity contribution in [2.75, 3.05) is 39.6 Å². The average molecular weight is 301 g/mol. The first-order valence-electron chi connectivity index (χ1n) is 6.32. The van der Waals surface area contributed by atoms with Crippen molar-refractivity contribution in [3.8, 4) is 0 Å². The molecule has 0 unspecified atom stereocenters. The van der Waals surface area contributed by atoms with E-state index in [1.165, 1.54) is 12.1 Å². The molecule has 0 saturated carbocycles. The lowest BCUT2D eigenvalue weighted by atomic mass is 10.3. The number of halogens is 2. The fourth-order valence-corrected chi connectivity index (χ4v) is 2.04. The Morgan fingerprint density at radius 3 is 2.85 bits per heavy atom. The Morgan fingerprint density at radius 1 is 1.40 bits per heavy atom. The van der Waals surface area contributed by atoms with Crippen LogP contribution in [-0.4, -0.2) is 48.3 Å². The van der Waals surface area contributed by atoms with E-state index in [1.54, 1.807) is 4.57 Å². The van der Waals surface area contributed by atoms with Gasteiger partial charge in [-0.1, -0.05) is 11.6 Å². The fraction of sp³-hybridized carbons (Fsp3) is 0.462. The molecule has 0 atom stereocenters. The number of ether oxygens (including phenoxy) is 1. The third kappa shape index (κ3) is 3.39. The van der Waals surface area contributed by atoms with E-state index in [4.69, 9.17) is 22.1 Å². The Kier molecular flexibility index (Phi) is 4.80.